The summed E-state index contributed by atoms with van der Waals surface area (Å²) in [5, 5.41) is 159. The standard InChI is InChI=1S/C51H86O24/c1-20(19-67-45-40(63)36(59)33(56)28(15-52)69-45)7-12-51(66)21(2)32-27(75-51)14-26-24-6-5-22-13-23(8-10-49(22,3)25(24)9-11-50(26,32)4)68-46-42(65)39(62)43(31(18-55)72-46)73-48-44(38(61)35(58)30(17-54)71-48)74-47-41(64)37(60)34(57)29(16-53)70-47/h20-48,52-66H,5-19H2,1-4H3/t20-,21+,22+,23+,24+,25-,26-,27+,28-,29-,30-,31-,32+,33-,34-,35-,36+,37+,38+,39-,40-,41-,42-,43+,44-,45-,46-,47+,48+,49+,50+,51-/m1/s1. The van der Waals surface area contributed by atoms with Gasteiger partial charge in [0.2, 0.25) is 0 Å². The molecule has 15 N–H and O–H groups in total. The molecule has 5 saturated heterocycles. The molecule has 9 aliphatic rings. The summed E-state index contributed by atoms with van der Waals surface area (Å²) in [6, 6.07) is 0. The van der Waals surface area contributed by atoms with Crippen LogP contribution in [0, 0.1) is 52.3 Å². The molecule has 0 bridgehead atoms. The number of aliphatic hydroxyl groups excluding tert-OH is 14. The normalized spacial score (nSPS) is 55.4. The molecule has 5 aliphatic heterocycles. The molecule has 24 heteroatoms. The number of ether oxygens (including phenoxy) is 9. The zero-order valence-electron chi connectivity index (χ0n) is 43.2. The average Bonchev–Trinajstić information content (AvgIpc) is 3.83. The molecule has 32 atom stereocenters. The second kappa shape index (κ2) is 23.1. The number of fused-ring (bicyclic) bond motifs is 7. The van der Waals surface area contributed by atoms with Gasteiger partial charge in [-0.05, 0) is 104 Å². The molecule has 0 aromatic heterocycles. The van der Waals surface area contributed by atoms with Gasteiger partial charge in [-0.1, -0.05) is 27.7 Å². The summed E-state index contributed by atoms with van der Waals surface area (Å²) in [5.74, 6) is 0.320. The van der Waals surface area contributed by atoms with Crippen LogP contribution in [0.1, 0.15) is 91.9 Å². The number of hydrogen-bond donors (Lipinski definition) is 15. The number of rotatable bonds is 16. The second-order valence-electron chi connectivity index (χ2n) is 24.3. The van der Waals surface area contributed by atoms with Gasteiger partial charge in [0.05, 0.1) is 45.2 Å². The van der Waals surface area contributed by atoms with Crippen LogP contribution >= 0.6 is 0 Å². The lowest BCUT2D eigenvalue weighted by atomic mass is 9.44. The minimum atomic E-state index is -1.92. The second-order valence-corrected chi connectivity index (χ2v) is 24.3. The molecule has 0 unspecified atom stereocenters. The van der Waals surface area contributed by atoms with Crippen molar-refractivity contribution in [2.24, 2.45) is 52.3 Å². The number of aliphatic hydroxyl groups is 15. The smallest absolute Gasteiger partial charge is 0.187 e. The predicted molar refractivity (Wildman–Crippen MR) is 252 cm³/mol. The van der Waals surface area contributed by atoms with Crippen LogP contribution in [0.15, 0.2) is 0 Å². The van der Waals surface area contributed by atoms with Crippen LogP contribution in [0.3, 0.4) is 0 Å². The molecule has 4 saturated carbocycles. The monoisotopic (exact) mass is 1080 g/mol. The van der Waals surface area contributed by atoms with Gasteiger partial charge in [0, 0.05) is 12.3 Å². The Morgan fingerprint density at radius 3 is 1.69 bits per heavy atom. The SMILES string of the molecule is C[C@H](CC[C@@]1(O)O[C@H]2C[C@@H]3[C@H]4CC[C@H]5C[C@@H](O[C@@H]6O[C@H](CO)[C@H](O[C@@H]7O[C@H](CO)[C@@H](O)[C@H](O)[C@H]7O[C@@H]7O[C@H](CO)[C@@H](O)[C@H](O)[C@H]7O)[C@H](O)[C@H]6O)CC[C@]5(C)[C@@H]4CC[C@]3(C)[C@H]2[C@@H]1C)CO[C@@H]1O[C@H](CO)[C@@H](O)[C@H](O)[C@H]1O. The highest BCUT2D eigenvalue weighted by atomic mass is 16.8. The van der Waals surface area contributed by atoms with Crippen molar-refractivity contribution >= 4 is 0 Å². The van der Waals surface area contributed by atoms with Crippen LogP contribution in [0.4, 0.5) is 0 Å². The summed E-state index contributed by atoms with van der Waals surface area (Å²) < 4.78 is 53.5. The first-order valence-corrected chi connectivity index (χ1v) is 27.4. The van der Waals surface area contributed by atoms with E-state index in [1.165, 1.54) is 0 Å². The molecule has 75 heavy (non-hydrogen) atoms. The van der Waals surface area contributed by atoms with Gasteiger partial charge in [-0.15, -0.1) is 0 Å². The zero-order chi connectivity index (χ0) is 54.2. The Bertz CT molecular complexity index is 1870. The van der Waals surface area contributed by atoms with Crippen molar-refractivity contribution in [3.8, 4) is 0 Å². The molecule has 4 aliphatic carbocycles. The first-order valence-electron chi connectivity index (χ1n) is 27.4. The first-order chi connectivity index (χ1) is 35.5. The van der Waals surface area contributed by atoms with Crippen LogP contribution in [-0.4, -0.2) is 250 Å². The Morgan fingerprint density at radius 2 is 1.05 bits per heavy atom. The lowest BCUT2D eigenvalue weighted by Gasteiger charge is -2.61. The highest BCUT2D eigenvalue weighted by Crippen LogP contribution is 2.71. The van der Waals surface area contributed by atoms with Crippen molar-refractivity contribution < 1.29 is 119 Å². The van der Waals surface area contributed by atoms with Crippen molar-refractivity contribution in [2.75, 3.05) is 33.0 Å². The van der Waals surface area contributed by atoms with E-state index in [1.807, 2.05) is 6.92 Å². The minimum absolute atomic E-state index is 0.0136. The van der Waals surface area contributed by atoms with E-state index in [1.54, 1.807) is 0 Å². The first kappa shape index (κ1) is 58.7. The molecule has 5 heterocycles. The summed E-state index contributed by atoms with van der Waals surface area (Å²) in [5.41, 5.74) is -0.0140. The van der Waals surface area contributed by atoms with Gasteiger partial charge in [-0.2, -0.15) is 0 Å². The molecular formula is C51H86O24. The summed E-state index contributed by atoms with van der Waals surface area (Å²) >= 11 is 0. The van der Waals surface area contributed by atoms with Crippen LogP contribution in [0.5, 0.6) is 0 Å². The summed E-state index contributed by atoms with van der Waals surface area (Å²) in [4.78, 5) is 0. The van der Waals surface area contributed by atoms with E-state index in [2.05, 4.69) is 20.8 Å². The lowest BCUT2D eigenvalue weighted by Crippen LogP contribution is -2.67. The number of hydrogen-bond acceptors (Lipinski definition) is 24. The molecule has 0 aromatic carbocycles. The van der Waals surface area contributed by atoms with Crippen LogP contribution < -0.4 is 0 Å². The van der Waals surface area contributed by atoms with E-state index in [4.69, 9.17) is 42.6 Å². The van der Waals surface area contributed by atoms with E-state index >= 15 is 0 Å². The average molecular weight is 1080 g/mol. The third-order valence-electron chi connectivity index (χ3n) is 20.1. The predicted octanol–water partition coefficient (Wildman–Crippen LogP) is -3.95. The Hall–Kier alpha value is -0.960. The highest BCUT2D eigenvalue weighted by molar-refractivity contribution is 5.15. The van der Waals surface area contributed by atoms with Crippen molar-refractivity contribution in [1.82, 2.24) is 0 Å². The van der Waals surface area contributed by atoms with Gasteiger partial charge in [0.15, 0.2) is 30.9 Å². The Balaban J connectivity index is 0.784. The summed E-state index contributed by atoms with van der Waals surface area (Å²) in [6.45, 7) is 6.15. The molecule has 0 amide bonds. The Kier molecular flexibility index (Phi) is 18.1. The Morgan fingerprint density at radius 1 is 0.533 bits per heavy atom. The van der Waals surface area contributed by atoms with E-state index in [-0.39, 0.29) is 47.4 Å². The lowest BCUT2D eigenvalue weighted by molar-refractivity contribution is -0.390. The summed E-state index contributed by atoms with van der Waals surface area (Å²) in [6.07, 6.45) is -24.3. The van der Waals surface area contributed by atoms with Gasteiger partial charge in [0.25, 0.3) is 0 Å². The zero-order valence-corrected chi connectivity index (χ0v) is 43.2. The third-order valence-corrected chi connectivity index (χ3v) is 20.1. The molecule has 0 aromatic rings. The van der Waals surface area contributed by atoms with Gasteiger partial charge >= 0.3 is 0 Å². The van der Waals surface area contributed by atoms with E-state index in [9.17, 15) is 76.6 Å². The third kappa shape index (κ3) is 10.7. The largest absolute Gasteiger partial charge is 0.394 e. The van der Waals surface area contributed by atoms with Crippen molar-refractivity contribution in [3.05, 3.63) is 0 Å². The topological polar surface area (TPSA) is 387 Å². The van der Waals surface area contributed by atoms with E-state index in [0.29, 0.717) is 49.4 Å². The van der Waals surface area contributed by atoms with Crippen molar-refractivity contribution in [3.63, 3.8) is 0 Å². The molecule has 434 valence electrons. The maximum Gasteiger partial charge on any atom is 0.187 e. The van der Waals surface area contributed by atoms with Crippen molar-refractivity contribution in [2.45, 2.75) is 233 Å². The quantitative estimate of drug-likeness (QED) is 0.0656. The van der Waals surface area contributed by atoms with Crippen LogP contribution in [0.2, 0.25) is 0 Å². The van der Waals surface area contributed by atoms with E-state index < -0.39 is 155 Å². The fourth-order valence-corrected chi connectivity index (χ4v) is 15.6. The molecule has 0 radical (unpaired) electrons. The van der Waals surface area contributed by atoms with Crippen LogP contribution in [-0.2, 0) is 42.6 Å². The molecular weight excluding hydrogens is 997 g/mol. The van der Waals surface area contributed by atoms with Gasteiger partial charge in [-0.25, -0.2) is 0 Å². The van der Waals surface area contributed by atoms with Crippen LogP contribution in [0.25, 0.3) is 0 Å². The minimum Gasteiger partial charge on any atom is -0.394 e. The maximum atomic E-state index is 12.1. The van der Waals surface area contributed by atoms with E-state index in [0.717, 1.165) is 38.5 Å². The maximum absolute atomic E-state index is 12.1. The van der Waals surface area contributed by atoms with Crippen molar-refractivity contribution in [1.29, 1.82) is 0 Å². The van der Waals surface area contributed by atoms with Gasteiger partial charge in [-0.3, -0.25) is 0 Å². The summed E-state index contributed by atoms with van der Waals surface area (Å²) in [7, 11) is 0. The molecule has 0 spiro atoms. The Labute approximate surface area is 436 Å². The van der Waals surface area contributed by atoms with Gasteiger partial charge in [0.1, 0.15) is 97.7 Å². The molecule has 24 nitrogen and oxygen atoms in total. The fraction of sp³-hybridized carbons (Fsp3) is 1.00. The molecule has 9 fully saturated rings. The fourth-order valence-electron chi connectivity index (χ4n) is 15.6. The highest BCUT2D eigenvalue weighted by Gasteiger charge is 2.68. The molecule has 9 rings (SSSR count). The van der Waals surface area contributed by atoms with Gasteiger partial charge < -0.3 is 119 Å².